The molecule has 0 aliphatic heterocycles. The van der Waals surface area contributed by atoms with Crippen molar-refractivity contribution in [3.8, 4) is 11.8 Å². The summed E-state index contributed by atoms with van der Waals surface area (Å²) in [6.07, 6.45) is 31.4. The first-order valence-corrected chi connectivity index (χ1v) is 22.8. The van der Waals surface area contributed by atoms with Gasteiger partial charge in [-0.1, -0.05) is 167 Å². The Kier molecular flexibility index (Phi) is 31.3. The van der Waals surface area contributed by atoms with E-state index in [2.05, 4.69) is 31.0 Å². The van der Waals surface area contributed by atoms with Crippen LogP contribution in [-0.2, 0) is 18.4 Å². The van der Waals surface area contributed by atoms with Crippen molar-refractivity contribution in [2.45, 2.75) is 206 Å². The number of aliphatic hydroxyl groups excluding tert-OH is 1. The number of quaternary nitrogens is 1. The highest BCUT2D eigenvalue weighted by molar-refractivity contribution is 7.45. The van der Waals surface area contributed by atoms with Gasteiger partial charge in [0.2, 0.25) is 5.91 Å². The van der Waals surface area contributed by atoms with Crippen LogP contribution in [0.5, 0.6) is 0 Å². The van der Waals surface area contributed by atoms with E-state index in [-0.39, 0.29) is 12.5 Å². The predicted octanol–water partition coefficient (Wildman–Crippen LogP) is 10.6. The molecule has 0 bridgehead atoms. The molecule has 9 heteroatoms. The van der Waals surface area contributed by atoms with Gasteiger partial charge in [0.15, 0.2) is 0 Å². The fraction of sp³-hybridized carbons (Fsp3) is 0.884. The molecule has 306 valence electrons. The zero-order chi connectivity index (χ0) is 39.0. The molecule has 0 radical (unpaired) electrons. The maximum Gasteiger partial charge on any atom is 0.268 e. The summed E-state index contributed by atoms with van der Waals surface area (Å²) >= 11 is 0. The number of nitrogens with one attached hydrogen (secondary N) is 1. The Balaban J connectivity index is 5.09. The number of carbonyl (C=O) groups excluding carboxylic acids is 1. The van der Waals surface area contributed by atoms with Crippen LogP contribution in [0.1, 0.15) is 195 Å². The summed E-state index contributed by atoms with van der Waals surface area (Å²) in [6.45, 7) is 7.81. The van der Waals surface area contributed by atoms with Gasteiger partial charge in [0, 0.05) is 12.0 Å². The summed E-state index contributed by atoms with van der Waals surface area (Å²) in [6, 6.07) is 0. The van der Waals surface area contributed by atoms with Crippen LogP contribution in [0.3, 0.4) is 0 Å². The summed E-state index contributed by atoms with van der Waals surface area (Å²) in [7, 11) is 1.15. The molecule has 0 heterocycles. The molecule has 52 heavy (non-hydrogen) atoms. The Morgan fingerprint density at radius 2 is 1.19 bits per heavy atom. The van der Waals surface area contributed by atoms with E-state index in [1.807, 2.05) is 27.2 Å². The van der Waals surface area contributed by atoms with Gasteiger partial charge < -0.3 is 28.8 Å². The van der Waals surface area contributed by atoms with Crippen molar-refractivity contribution in [2.75, 3.05) is 40.9 Å². The number of hydrogen-bond acceptors (Lipinski definition) is 6. The molecular formula is C43H83N2O6P. The lowest BCUT2D eigenvalue weighted by molar-refractivity contribution is -0.870. The number of amides is 1. The highest BCUT2D eigenvalue weighted by Crippen LogP contribution is 2.39. The summed E-state index contributed by atoms with van der Waals surface area (Å²) in [4.78, 5) is 25.9. The lowest BCUT2D eigenvalue weighted by Crippen LogP contribution is -2.58. The van der Waals surface area contributed by atoms with Gasteiger partial charge in [-0.25, -0.2) is 0 Å². The Bertz CT molecular complexity index is 1020. The molecule has 0 rings (SSSR count). The lowest BCUT2D eigenvalue weighted by atomic mass is 9.88. The highest BCUT2D eigenvalue weighted by atomic mass is 31.2. The van der Waals surface area contributed by atoms with E-state index < -0.39 is 26.1 Å². The van der Waals surface area contributed by atoms with Crippen molar-refractivity contribution in [3.05, 3.63) is 11.6 Å². The molecule has 0 aliphatic carbocycles. The van der Waals surface area contributed by atoms with Gasteiger partial charge in [0.05, 0.1) is 33.3 Å². The number of hydrogen-bond donors (Lipinski definition) is 2. The van der Waals surface area contributed by atoms with Crippen molar-refractivity contribution in [1.82, 2.24) is 5.32 Å². The number of nitrogens with zero attached hydrogens (tertiary/aromatic N) is 1. The topological polar surface area (TPSA) is 108 Å². The van der Waals surface area contributed by atoms with Gasteiger partial charge in [0.1, 0.15) is 19.3 Å². The molecule has 1 amide bonds. The second-order valence-electron chi connectivity index (χ2n) is 16.3. The van der Waals surface area contributed by atoms with E-state index in [1.165, 1.54) is 122 Å². The van der Waals surface area contributed by atoms with Gasteiger partial charge in [-0.15, -0.1) is 5.92 Å². The van der Waals surface area contributed by atoms with Crippen LogP contribution in [0.15, 0.2) is 11.6 Å². The largest absolute Gasteiger partial charge is 0.756 e. The Morgan fingerprint density at radius 1 is 0.769 bits per heavy atom. The molecule has 0 saturated heterocycles. The third-order valence-corrected chi connectivity index (χ3v) is 10.7. The first-order valence-electron chi connectivity index (χ1n) is 21.3. The minimum Gasteiger partial charge on any atom is -0.756 e. The molecule has 0 fully saturated rings. The molecule has 0 spiro atoms. The van der Waals surface area contributed by atoms with E-state index in [9.17, 15) is 19.4 Å². The van der Waals surface area contributed by atoms with Crippen molar-refractivity contribution in [1.29, 1.82) is 0 Å². The average Bonchev–Trinajstić information content (AvgIpc) is 3.08. The monoisotopic (exact) mass is 755 g/mol. The van der Waals surface area contributed by atoms with Gasteiger partial charge in [0.25, 0.3) is 7.82 Å². The molecule has 0 saturated carbocycles. The van der Waals surface area contributed by atoms with Crippen molar-refractivity contribution < 1.29 is 32.9 Å². The summed E-state index contributed by atoms with van der Waals surface area (Å²) in [5.41, 5.74) is -0.960. The molecule has 0 aromatic heterocycles. The van der Waals surface area contributed by atoms with Crippen LogP contribution in [-0.4, -0.2) is 68.0 Å². The standard InChI is InChI=1S/C43H83N2O6P/c1-8-11-13-15-17-19-21-23-25-27-29-31-33-36-41(46)44-43(4,39-51-52(48,49)50-38-37-45(5,6)7)42(47)40(34-10-3)35-32-30-28-26-24-22-20-18-16-14-12-9-2/h35,42,47H,8-9,11-33,36-39H2,1-7H3,(H-,44,46,48,49)/b40-35+/t42-,43?/m1/s1. The Labute approximate surface area is 321 Å². The molecule has 2 unspecified atom stereocenters. The van der Waals surface area contributed by atoms with Crippen LogP contribution in [0.2, 0.25) is 0 Å². The number of unbranched alkanes of at least 4 members (excludes halogenated alkanes) is 23. The van der Waals surface area contributed by atoms with Crippen molar-refractivity contribution >= 4 is 13.7 Å². The van der Waals surface area contributed by atoms with E-state index in [0.29, 0.717) is 23.0 Å². The lowest BCUT2D eigenvalue weighted by Gasteiger charge is -2.37. The minimum atomic E-state index is -4.68. The summed E-state index contributed by atoms with van der Waals surface area (Å²) < 4.78 is 23.7. The maximum atomic E-state index is 13.2. The predicted molar refractivity (Wildman–Crippen MR) is 218 cm³/mol. The van der Waals surface area contributed by atoms with Crippen LogP contribution in [0, 0.1) is 11.8 Å². The molecule has 0 aliphatic rings. The molecule has 2 N–H and O–H groups in total. The van der Waals surface area contributed by atoms with E-state index >= 15 is 0 Å². The molecular weight excluding hydrogens is 671 g/mol. The second kappa shape index (κ2) is 32.1. The SMILES string of the molecule is CC#C/C(=C\CCCCCCCCCCCCC)[C@@H](O)C(C)(COP(=O)([O-])OCC[N+](C)(C)C)NC(=O)CCCCCCCCCCCCCCC. The maximum absolute atomic E-state index is 13.2. The minimum absolute atomic E-state index is 0.0274. The number of aliphatic hydroxyl groups is 1. The Morgan fingerprint density at radius 3 is 1.62 bits per heavy atom. The van der Waals surface area contributed by atoms with Crippen LogP contribution < -0.4 is 10.2 Å². The van der Waals surface area contributed by atoms with Gasteiger partial charge >= 0.3 is 0 Å². The van der Waals surface area contributed by atoms with Gasteiger partial charge in [-0.2, -0.15) is 0 Å². The second-order valence-corrected chi connectivity index (χ2v) is 17.7. The molecule has 3 atom stereocenters. The van der Waals surface area contributed by atoms with E-state index in [4.69, 9.17) is 9.05 Å². The Hall–Kier alpha value is -1.20. The van der Waals surface area contributed by atoms with Crippen LogP contribution in [0.25, 0.3) is 0 Å². The van der Waals surface area contributed by atoms with Crippen LogP contribution in [0.4, 0.5) is 0 Å². The number of carbonyl (C=O) groups is 1. The van der Waals surface area contributed by atoms with Gasteiger partial charge in [-0.3, -0.25) is 9.36 Å². The molecule has 0 aromatic carbocycles. The summed E-state index contributed by atoms with van der Waals surface area (Å²) in [5, 5.41) is 14.6. The fourth-order valence-electron chi connectivity index (χ4n) is 6.33. The zero-order valence-electron chi connectivity index (χ0n) is 35.0. The first-order chi connectivity index (χ1) is 24.8. The summed E-state index contributed by atoms with van der Waals surface area (Å²) in [5.74, 6) is 5.66. The quantitative estimate of drug-likeness (QED) is 0.0285. The smallest absolute Gasteiger partial charge is 0.268 e. The molecule has 8 nitrogen and oxygen atoms in total. The highest BCUT2D eigenvalue weighted by Gasteiger charge is 2.38. The van der Waals surface area contributed by atoms with Crippen LogP contribution >= 0.6 is 7.82 Å². The van der Waals surface area contributed by atoms with Gasteiger partial charge in [-0.05, 0) is 33.1 Å². The number of phosphoric acid groups is 1. The van der Waals surface area contributed by atoms with E-state index in [1.54, 1.807) is 13.8 Å². The number of rotatable bonds is 36. The first kappa shape index (κ1) is 50.8. The van der Waals surface area contributed by atoms with Crippen molar-refractivity contribution in [2.24, 2.45) is 0 Å². The number of phosphoric ester groups is 1. The third kappa shape index (κ3) is 30.2. The average molecular weight is 755 g/mol. The third-order valence-electron chi connectivity index (χ3n) is 9.81. The number of likely N-dealkylation sites (N-methyl/N-ethyl adjacent to an activating group) is 1. The van der Waals surface area contributed by atoms with E-state index in [0.717, 1.165) is 38.5 Å². The fourth-order valence-corrected chi connectivity index (χ4v) is 7.14. The molecule has 0 aromatic rings. The normalized spacial score (nSPS) is 15.1. The van der Waals surface area contributed by atoms with Crippen molar-refractivity contribution in [3.63, 3.8) is 0 Å². The zero-order valence-corrected chi connectivity index (χ0v) is 35.9. The number of allylic oxidation sites excluding steroid dienone is 1.